The zero-order valence-corrected chi connectivity index (χ0v) is 7.29. The molecule has 0 aromatic carbocycles. The van der Waals surface area contributed by atoms with Crippen molar-refractivity contribution in [2.75, 3.05) is 7.11 Å². The molecule has 2 heteroatoms. The molecule has 0 bridgehead atoms. The first-order valence-corrected chi connectivity index (χ1v) is 4.38. The lowest BCUT2D eigenvalue weighted by atomic mass is 10.1. The lowest BCUT2D eigenvalue weighted by molar-refractivity contribution is 0.391. The van der Waals surface area contributed by atoms with E-state index in [2.05, 4.69) is 11.1 Å². The van der Waals surface area contributed by atoms with E-state index in [0.29, 0.717) is 0 Å². The second-order valence-electron chi connectivity index (χ2n) is 3.32. The molecular formula is C10H13NO. The number of nitrogens with zero attached hydrogens (tertiary/aromatic N) is 1. The first-order chi connectivity index (χ1) is 5.90. The summed E-state index contributed by atoms with van der Waals surface area (Å²) in [4.78, 5) is 4.16. The van der Waals surface area contributed by atoms with Gasteiger partial charge in [-0.2, -0.15) is 0 Å². The Labute approximate surface area is 72.6 Å². The summed E-state index contributed by atoms with van der Waals surface area (Å²) < 4.78 is 5.16. The zero-order chi connectivity index (χ0) is 8.39. The Hall–Kier alpha value is -1.05. The van der Waals surface area contributed by atoms with Crippen LogP contribution in [-0.2, 0) is 6.42 Å². The van der Waals surface area contributed by atoms with Gasteiger partial charge in [-0.3, -0.25) is 0 Å². The highest BCUT2D eigenvalue weighted by Crippen LogP contribution is 2.34. The molecule has 1 heterocycles. The van der Waals surface area contributed by atoms with E-state index < -0.39 is 0 Å². The van der Waals surface area contributed by atoms with Crippen LogP contribution in [0.5, 0.6) is 5.88 Å². The molecule has 0 N–H and O–H groups in total. The van der Waals surface area contributed by atoms with Crippen molar-refractivity contribution in [1.29, 1.82) is 0 Å². The molecule has 0 unspecified atom stereocenters. The molecular weight excluding hydrogens is 150 g/mol. The van der Waals surface area contributed by atoms with Crippen molar-refractivity contribution in [3.63, 3.8) is 0 Å². The third-order valence-corrected chi connectivity index (χ3v) is 2.25. The summed E-state index contributed by atoms with van der Waals surface area (Å²) in [5.41, 5.74) is 1.25. The van der Waals surface area contributed by atoms with Gasteiger partial charge in [0.1, 0.15) is 0 Å². The number of pyridine rings is 1. The van der Waals surface area contributed by atoms with Crippen molar-refractivity contribution in [3.05, 3.63) is 23.9 Å². The Balaban J connectivity index is 2.15. The minimum absolute atomic E-state index is 0.796. The van der Waals surface area contributed by atoms with Crippen LogP contribution in [0, 0.1) is 5.92 Å². The van der Waals surface area contributed by atoms with E-state index in [1.807, 2.05) is 6.07 Å². The maximum absolute atomic E-state index is 5.16. The van der Waals surface area contributed by atoms with Gasteiger partial charge >= 0.3 is 0 Å². The fraction of sp³-hybridized carbons (Fsp3) is 0.500. The fourth-order valence-electron chi connectivity index (χ4n) is 1.40. The van der Waals surface area contributed by atoms with E-state index in [-0.39, 0.29) is 0 Å². The van der Waals surface area contributed by atoms with E-state index in [4.69, 9.17) is 4.74 Å². The highest BCUT2D eigenvalue weighted by Gasteiger charge is 2.22. The first kappa shape index (κ1) is 7.59. The molecule has 0 atom stereocenters. The first-order valence-electron chi connectivity index (χ1n) is 4.38. The lowest BCUT2D eigenvalue weighted by Gasteiger charge is -2.04. The SMILES string of the molecule is COc1ncccc1CC1CC1. The van der Waals surface area contributed by atoms with Crippen LogP contribution < -0.4 is 4.74 Å². The normalized spacial score (nSPS) is 16.1. The van der Waals surface area contributed by atoms with Gasteiger partial charge in [0.15, 0.2) is 0 Å². The van der Waals surface area contributed by atoms with Crippen molar-refractivity contribution in [3.8, 4) is 5.88 Å². The summed E-state index contributed by atoms with van der Waals surface area (Å²) in [6, 6.07) is 4.07. The number of methoxy groups -OCH3 is 1. The topological polar surface area (TPSA) is 22.1 Å². The predicted octanol–water partition coefficient (Wildman–Crippen LogP) is 2.04. The molecule has 2 nitrogen and oxygen atoms in total. The Morgan fingerprint density at radius 2 is 2.42 bits per heavy atom. The van der Waals surface area contributed by atoms with Crippen molar-refractivity contribution >= 4 is 0 Å². The number of aromatic nitrogens is 1. The average molecular weight is 163 g/mol. The Kier molecular flexibility index (Phi) is 1.98. The van der Waals surface area contributed by atoms with Gasteiger partial charge in [0, 0.05) is 11.8 Å². The Bertz CT molecular complexity index is 268. The number of rotatable bonds is 3. The molecule has 12 heavy (non-hydrogen) atoms. The maximum Gasteiger partial charge on any atom is 0.216 e. The van der Waals surface area contributed by atoms with Crippen LogP contribution in [0.4, 0.5) is 0 Å². The number of hydrogen-bond donors (Lipinski definition) is 0. The molecule has 1 aromatic rings. The summed E-state index contributed by atoms with van der Waals surface area (Å²) in [5, 5.41) is 0. The summed E-state index contributed by atoms with van der Waals surface area (Å²) >= 11 is 0. The molecule has 0 aliphatic heterocycles. The van der Waals surface area contributed by atoms with E-state index in [1.54, 1.807) is 13.3 Å². The molecule has 1 aliphatic rings. The van der Waals surface area contributed by atoms with Crippen LogP contribution >= 0.6 is 0 Å². The van der Waals surface area contributed by atoms with Crippen molar-refractivity contribution < 1.29 is 4.74 Å². The van der Waals surface area contributed by atoms with E-state index in [1.165, 1.54) is 18.4 Å². The minimum atomic E-state index is 0.796. The maximum atomic E-state index is 5.16. The monoisotopic (exact) mass is 163 g/mol. The molecule has 1 aliphatic carbocycles. The molecule has 0 saturated heterocycles. The van der Waals surface area contributed by atoms with Gasteiger partial charge in [-0.25, -0.2) is 4.98 Å². The van der Waals surface area contributed by atoms with Gasteiger partial charge in [0.25, 0.3) is 0 Å². The highest BCUT2D eigenvalue weighted by molar-refractivity contribution is 5.26. The van der Waals surface area contributed by atoms with Gasteiger partial charge in [-0.1, -0.05) is 6.07 Å². The quantitative estimate of drug-likeness (QED) is 0.680. The van der Waals surface area contributed by atoms with Crippen molar-refractivity contribution in [1.82, 2.24) is 4.98 Å². The summed E-state index contributed by atoms with van der Waals surface area (Å²) in [6.07, 6.45) is 5.66. The van der Waals surface area contributed by atoms with E-state index in [9.17, 15) is 0 Å². The fourth-order valence-corrected chi connectivity index (χ4v) is 1.40. The lowest BCUT2D eigenvalue weighted by Crippen LogP contribution is -1.95. The highest BCUT2D eigenvalue weighted by atomic mass is 16.5. The Morgan fingerprint density at radius 3 is 3.08 bits per heavy atom. The third-order valence-electron chi connectivity index (χ3n) is 2.25. The molecule has 2 rings (SSSR count). The predicted molar refractivity (Wildman–Crippen MR) is 47.2 cm³/mol. The standard InChI is InChI=1S/C10H13NO/c1-12-10-9(3-2-6-11-10)7-8-4-5-8/h2-3,6,8H,4-5,7H2,1H3. The smallest absolute Gasteiger partial charge is 0.216 e. The van der Waals surface area contributed by atoms with Crippen LogP contribution in [0.3, 0.4) is 0 Å². The summed E-state index contributed by atoms with van der Waals surface area (Å²) in [5.74, 6) is 1.69. The average Bonchev–Trinajstić information content (AvgIpc) is 2.89. The van der Waals surface area contributed by atoms with Crippen LogP contribution in [-0.4, -0.2) is 12.1 Å². The molecule has 0 spiro atoms. The van der Waals surface area contributed by atoms with Gasteiger partial charge in [0.05, 0.1) is 7.11 Å². The van der Waals surface area contributed by atoms with E-state index in [0.717, 1.165) is 18.2 Å². The van der Waals surface area contributed by atoms with Crippen LogP contribution in [0.1, 0.15) is 18.4 Å². The zero-order valence-electron chi connectivity index (χ0n) is 7.29. The molecule has 64 valence electrons. The second kappa shape index (κ2) is 3.13. The number of ether oxygens (including phenoxy) is 1. The van der Waals surface area contributed by atoms with Gasteiger partial charge in [0.2, 0.25) is 5.88 Å². The molecule has 1 saturated carbocycles. The second-order valence-corrected chi connectivity index (χ2v) is 3.32. The largest absolute Gasteiger partial charge is 0.481 e. The van der Waals surface area contributed by atoms with Gasteiger partial charge in [-0.15, -0.1) is 0 Å². The summed E-state index contributed by atoms with van der Waals surface area (Å²) in [7, 11) is 1.68. The third kappa shape index (κ3) is 1.58. The molecule has 1 fully saturated rings. The molecule has 1 aromatic heterocycles. The molecule has 0 amide bonds. The minimum Gasteiger partial charge on any atom is -0.481 e. The van der Waals surface area contributed by atoms with E-state index >= 15 is 0 Å². The van der Waals surface area contributed by atoms with Crippen LogP contribution in [0.15, 0.2) is 18.3 Å². The Morgan fingerprint density at radius 1 is 1.58 bits per heavy atom. The van der Waals surface area contributed by atoms with Crippen LogP contribution in [0.25, 0.3) is 0 Å². The molecule has 0 radical (unpaired) electrons. The van der Waals surface area contributed by atoms with Crippen molar-refractivity contribution in [2.24, 2.45) is 5.92 Å². The van der Waals surface area contributed by atoms with Gasteiger partial charge in [-0.05, 0) is 31.2 Å². The number of hydrogen-bond acceptors (Lipinski definition) is 2. The summed E-state index contributed by atoms with van der Waals surface area (Å²) in [6.45, 7) is 0. The van der Waals surface area contributed by atoms with Crippen molar-refractivity contribution in [2.45, 2.75) is 19.3 Å². The van der Waals surface area contributed by atoms with Crippen LogP contribution in [0.2, 0.25) is 0 Å². The van der Waals surface area contributed by atoms with Gasteiger partial charge < -0.3 is 4.74 Å².